The third-order valence-electron chi connectivity index (χ3n) is 3.66. The Labute approximate surface area is 116 Å². The van der Waals surface area contributed by atoms with Gasteiger partial charge in [0.15, 0.2) is 0 Å². The highest BCUT2D eigenvalue weighted by molar-refractivity contribution is 5.96. The maximum atomic E-state index is 12.6. The molecule has 0 aromatic rings. The van der Waals surface area contributed by atoms with E-state index in [0.29, 0.717) is 18.3 Å². The summed E-state index contributed by atoms with van der Waals surface area (Å²) in [6, 6.07) is -0.591. The van der Waals surface area contributed by atoms with Crippen molar-refractivity contribution in [2.24, 2.45) is 11.8 Å². The molecule has 4 heteroatoms. The third kappa shape index (κ3) is 3.95. The number of nitrogens with zero attached hydrogens (tertiary/aromatic N) is 1. The van der Waals surface area contributed by atoms with Crippen molar-refractivity contribution in [3.8, 4) is 0 Å². The van der Waals surface area contributed by atoms with Gasteiger partial charge in [-0.25, -0.2) is 0 Å². The minimum Gasteiger partial charge on any atom is -0.343 e. The number of carbonyl (C=O) groups is 2. The van der Waals surface area contributed by atoms with Gasteiger partial charge in [0.2, 0.25) is 11.8 Å². The second kappa shape index (κ2) is 6.40. The first-order chi connectivity index (χ1) is 8.73. The molecule has 110 valence electrons. The van der Waals surface area contributed by atoms with E-state index in [2.05, 4.69) is 33.0 Å². The zero-order chi connectivity index (χ0) is 14.7. The Bertz CT molecular complexity index is 339. The molecule has 19 heavy (non-hydrogen) atoms. The first-order valence-corrected chi connectivity index (χ1v) is 7.36. The van der Waals surface area contributed by atoms with Crippen LogP contribution in [0.4, 0.5) is 0 Å². The molecule has 0 aromatic carbocycles. The number of nitrogens with one attached hydrogen (secondary N) is 1. The molecule has 1 N–H and O–H groups in total. The standard InChI is InChI=1S/C15H28N2O2/c1-9(2)7-11(5)17-12(6)14(18)16-13(15(17)19)8-10(3)4/h9-13H,7-8H2,1-6H3,(H,16,18). The lowest BCUT2D eigenvalue weighted by molar-refractivity contribution is -0.151. The zero-order valence-electron chi connectivity index (χ0n) is 13.1. The largest absolute Gasteiger partial charge is 0.343 e. The van der Waals surface area contributed by atoms with Crippen molar-refractivity contribution in [2.45, 2.75) is 72.5 Å². The molecular weight excluding hydrogens is 240 g/mol. The minimum atomic E-state index is -0.357. The highest BCUT2D eigenvalue weighted by Crippen LogP contribution is 2.21. The van der Waals surface area contributed by atoms with Gasteiger partial charge in [0.25, 0.3) is 0 Å². The van der Waals surface area contributed by atoms with Crippen molar-refractivity contribution in [1.82, 2.24) is 10.2 Å². The predicted octanol–water partition coefficient (Wildman–Crippen LogP) is 2.18. The summed E-state index contributed by atoms with van der Waals surface area (Å²) in [5, 5.41) is 2.86. The number of amides is 2. The number of hydrogen-bond acceptors (Lipinski definition) is 2. The molecule has 2 amide bonds. The molecule has 3 atom stereocenters. The first kappa shape index (κ1) is 16.0. The summed E-state index contributed by atoms with van der Waals surface area (Å²) in [4.78, 5) is 26.4. The maximum absolute atomic E-state index is 12.6. The van der Waals surface area contributed by atoms with E-state index in [1.807, 2.05) is 13.8 Å². The van der Waals surface area contributed by atoms with Gasteiger partial charge in [0, 0.05) is 6.04 Å². The molecule has 1 rings (SSSR count). The van der Waals surface area contributed by atoms with Gasteiger partial charge in [0.05, 0.1) is 0 Å². The van der Waals surface area contributed by atoms with Crippen LogP contribution in [0.15, 0.2) is 0 Å². The molecule has 0 aliphatic carbocycles. The van der Waals surface area contributed by atoms with Crippen LogP contribution in [0.25, 0.3) is 0 Å². The fourth-order valence-electron chi connectivity index (χ4n) is 2.88. The van der Waals surface area contributed by atoms with Gasteiger partial charge in [-0.3, -0.25) is 9.59 Å². The Morgan fingerprint density at radius 1 is 1.11 bits per heavy atom. The molecule has 1 saturated heterocycles. The fourth-order valence-corrected chi connectivity index (χ4v) is 2.88. The average Bonchev–Trinajstić information content (AvgIpc) is 2.24. The van der Waals surface area contributed by atoms with Crippen LogP contribution in [0.3, 0.4) is 0 Å². The van der Waals surface area contributed by atoms with Gasteiger partial charge in [0.1, 0.15) is 12.1 Å². The number of rotatable bonds is 5. The quantitative estimate of drug-likeness (QED) is 0.831. The highest BCUT2D eigenvalue weighted by atomic mass is 16.2. The highest BCUT2D eigenvalue weighted by Gasteiger charge is 2.40. The number of hydrogen-bond donors (Lipinski definition) is 1. The normalized spacial score (nSPS) is 26.0. The van der Waals surface area contributed by atoms with Gasteiger partial charge in [-0.2, -0.15) is 0 Å². The summed E-state index contributed by atoms with van der Waals surface area (Å²) >= 11 is 0. The van der Waals surface area contributed by atoms with Crippen molar-refractivity contribution in [3.63, 3.8) is 0 Å². The maximum Gasteiger partial charge on any atom is 0.246 e. The van der Waals surface area contributed by atoms with Crippen LogP contribution in [0.1, 0.15) is 54.4 Å². The molecule has 0 radical (unpaired) electrons. The molecule has 4 nitrogen and oxygen atoms in total. The Morgan fingerprint density at radius 2 is 1.68 bits per heavy atom. The van der Waals surface area contributed by atoms with E-state index < -0.39 is 0 Å². The van der Waals surface area contributed by atoms with Crippen molar-refractivity contribution < 1.29 is 9.59 Å². The summed E-state index contributed by atoms with van der Waals surface area (Å²) in [7, 11) is 0. The van der Waals surface area contributed by atoms with Gasteiger partial charge in [-0.15, -0.1) is 0 Å². The third-order valence-corrected chi connectivity index (χ3v) is 3.66. The fraction of sp³-hybridized carbons (Fsp3) is 0.867. The Hall–Kier alpha value is -1.06. The molecule has 0 aromatic heterocycles. The summed E-state index contributed by atoms with van der Waals surface area (Å²) < 4.78 is 0. The monoisotopic (exact) mass is 268 g/mol. The molecule has 1 aliphatic rings. The van der Waals surface area contributed by atoms with E-state index in [9.17, 15) is 9.59 Å². The van der Waals surface area contributed by atoms with Gasteiger partial charge in [-0.1, -0.05) is 27.7 Å². The van der Waals surface area contributed by atoms with Crippen molar-refractivity contribution in [1.29, 1.82) is 0 Å². The minimum absolute atomic E-state index is 0.0270. The molecule has 1 heterocycles. The van der Waals surface area contributed by atoms with Crippen molar-refractivity contribution in [2.75, 3.05) is 0 Å². The van der Waals surface area contributed by atoms with Gasteiger partial charge >= 0.3 is 0 Å². The van der Waals surface area contributed by atoms with Crippen LogP contribution >= 0.6 is 0 Å². The van der Waals surface area contributed by atoms with Crippen LogP contribution < -0.4 is 5.32 Å². The van der Waals surface area contributed by atoms with Crippen molar-refractivity contribution in [3.05, 3.63) is 0 Å². The summed E-state index contributed by atoms with van der Waals surface area (Å²) in [5.41, 5.74) is 0. The molecular formula is C15H28N2O2. The summed E-state index contributed by atoms with van der Waals surface area (Å²) in [6.07, 6.45) is 1.64. The Morgan fingerprint density at radius 3 is 2.16 bits per heavy atom. The SMILES string of the molecule is CC(C)CC1NC(=O)C(C)N(C(C)CC(C)C)C1=O. The zero-order valence-corrected chi connectivity index (χ0v) is 13.1. The second-order valence-corrected chi connectivity index (χ2v) is 6.59. The van der Waals surface area contributed by atoms with Crippen LogP contribution in [-0.2, 0) is 9.59 Å². The lowest BCUT2D eigenvalue weighted by Gasteiger charge is -2.42. The Kier molecular flexibility index (Phi) is 5.39. The molecule has 0 bridgehead atoms. The molecule has 1 aliphatic heterocycles. The van der Waals surface area contributed by atoms with Crippen LogP contribution in [-0.4, -0.2) is 34.8 Å². The lowest BCUT2D eigenvalue weighted by Crippen LogP contribution is -2.64. The number of carbonyl (C=O) groups excluding carboxylic acids is 2. The van der Waals surface area contributed by atoms with Crippen LogP contribution in [0.5, 0.6) is 0 Å². The molecule has 3 unspecified atom stereocenters. The van der Waals surface area contributed by atoms with Gasteiger partial charge in [-0.05, 0) is 38.5 Å². The average molecular weight is 268 g/mol. The smallest absolute Gasteiger partial charge is 0.246 e. The van der Waals surface area contributed by atoms with Crippen molar-refractivity contribution >= 4 is 11.8 Å². The first-order valence-electron chi connectivity index (χ1n) is 7.36. The van der Waals surface area contributed by atoms with Crippen LogP contribution in [0.2, 0.25) is 0 Å². The predicted molar refractivity (Wildman–Crippen MR) is 76.6 cm³/mol. The summed E-state index contributed by atoms with van der Waals surface area (Å²) in [5.74, 6) is 0.961. The van der Waals surface area contributed by atoms with E-state index >= 15 is 0 Å². The van der Waals surface area contributed by atoms with E-state index in [0.717, 1.165) is 6.42 Å². The van der Waals surface area contributed by atoms with Gasteiger partial charge < -0.3 is 10.2 Å². The summed E-state index contributed by atoms with van der Waals surface area (Å²) in [6.45, 7) is 12.3. The van der Waals surface area contributed by atoms with E-state index in [-0.39, 0.29) is 29.9 Å². The second-order valence-electron chi connectivity index (χ2n) is 6.59. The Balaban J connectivity index is 2.86. The number of piperazine rings is 1. The van der Waals surface area contributed by atoms with E-state index in [1.54, 1.807) is 4.90 Å². The lowest BCUT2D eigenvalue weighted by atomic mass is 9.95. The molecule has 0 spiro atoms. The van der Waals surface area contributed by atoms with E-state index in [4.69, 9.17) is 0 Å². The van der Waals surface area contributed by atoms with Crippen LogP contribution in [0, 0.1) is 11.8 Å². The van der Waals surface area contributed by atoms with E-state index in [1.165, 1.54) is 0 Å². The molecule has 0 saturated carbocycles. The molecule has 1 fully saturated rings. The topological polar surface area (TPSA) is 49.4 Å².